The van der Waals surface area contributed by atoms with Crippen LogP contribution in [0.15, 0.2) is 18.2 Å². The maximum atomic E-state index is 6.23. The molecule has 2 heteroatoms. The van der Waals surface area contributed by atoms with Gasteiger partial charge < -0.3 is 5.73 Å². The first-order valence-electron chi connectivity index (χ1n) is 7.81. The number of piperidine rings is 1. The molecule has 0 saturated carbocycles. The zero-order chi connectivity index (χ0) is 15.0. The van der Waals surface area contributed by atoms with Crippen LogP contribution in [0.2, 0.25) is 0 Å². The van der Waals surface area contributed by atoms with Gasteiger partial charge in [-0.3, -0.25) is 4.90 Å². The Bertz CT molecular complexity index is 463. The molecule has 1 aliphatic rings. The first kappa shape index (κ1) is 15.5. The van der Waals surface area contributed by atoms with Crippen molar-refractivity contribution in [3.8, 4) is 0 Å². The molecule has 1 aliphatic heterocycles. The fourth-order valence-corrected chi connectivity index (χ4v) is 3.50. The summed E-state index contributed by atoms with van der Waals surface area (Å²) in [6.07, 6.45) is 2.34. The molecule has 0 radical (unpaired) electrons. The van der Waals surface area contributed by atoms with Crippen LogP contribution in [-0.2, 0) is 5.41 Å². The van der Waals surface area contributed by atoms with E-state index in [0.717, 1.165) is 19.6 Å². The molecule has 0 bridgehead atoms. The summed E-state index contributed by atoms with van der Waals surface area (Å²) in [5.41, 5.74) is 10.9. The second kappa shape index (κ2) is 5.50. The fraction of sp³-hybridized carbons (Fsp3) is 0.667. The number of nitrogens with two attached hydrogens (primary N) is 1. The Morgan fingerprint density at radius 3 is 2.25 bits per heavy atom. The monoisotopic (exact) mass is 274 g/mol. The quantitative estimate of drug-likeness (QED) is 0.895. The maximum Gasteiger partial charge on any atom is 0.0125 e. The topological polar surface area (TPSA) is 29.3 Å². The van der Waals surface area contributed by atoms with Crippen LogP contribution in [-0.4, -0.2) is 30.1 Å². The van der Waals surface area contributed by atoms with Crippen molar-refractivity contribution in [1.82, 2.24) is 4.90 Å². The lowest BCUT2D eigenvalue weighted by Gasteiger charge is -2.47. The number of hydrogen-bond acceptors (Lipinski definition) is 2. The molecule has 112 valence electrons. The highest BCUT2D eigenvalue weighted by molar-refractivity contribution is 5.37. The number of aryl methyl sites for hydroxylation is 2. The van der Waals surface area contributed by atoms with Gasteiger partial charge in [0.05, 0.1) is 0 Å². The van der Waals surface area contributed by atoms with E-state index in [1.165, 1.54) is 29.5 Å². The van der Waals surface area contributed by atoms with Gasteiger partial charge in [-0.2, -0.15) is 0 Å². The third-order valence-corrected chi connectivity index (χ3v) is 5.02. The molecule has 1 aromatic carbocycles. The fourth-order valence-electron chi connectivity index (χ4n) is 3.50. The van der Waals surface area contributed by atoms with Crippen LogP contribution in [0.3, 0.4) is 0 Å². The Morgan fingerprint density at radius 2 is 1.75 bits per heavy atom. The minimum atomic E-state index is 0.178. The van der Waals surface area contributed by atoms with Crippen LogP contribution in [0.25, 0.3) is 0 Å². The summed E-state index contributed by atoms with van der Waals surface area (Å²) in [5, 5.41) is 0. The number of hydrogen-bond donors (Lipinski definition) is 1. The van der Waals surface area contributed by atoms with Gasteiger partial charge in [-0.1, -0.05) is 23.8 Å². The minimum Gasteiger partial charge on any atom is -0.330 e. The molecule has 2 nitrogen and oxygen atoms in total. The largest absolute Gasteiger partial charge is 0.330 e. The Kier molecular flexibility index (Phi) is 4.27. The molecule has 0 unspecified atom stereocenters. The molecule has 1 fully saturated rings. The molecular formula is C18H30N2. The zero-order valence-electron chi connectivity index (χ0n) is 13.8. The number of nitrogens with zero attached hydrogens (tertiary/aromatic N) is 1. The first-order chi connectivity index (χ1) is 9.28. The lowest BCUT2D eigenvalue weighted by Crippen LogP contribution is -2.52. The van der Waals surface area contributed by atoms with Gasteiger partial charge in [0, 0.05) is 17.5 Å². The number of rotatable bonds is 2. The van der Waals surface area contributed by atoms with E-state index >= 15 is 0 Å². The van der Waals surface area contributed by atoms with Gasteiger partial charge >= 0.3 is 0 Å². The van der Waals surface area contributed by atoms with E-state index in [1.807, 2.05) is 0 Å². The number of benzene rings is 1. The molecule has 2 N–H and O–H groups in total. The molecule has 0 amide bonds. The van der Waals surface area contributed by atoms with Crippen LogP contribution in [0, 0.1) is 13.8 Å². The van der Waals surface area contributed by atoms with E-state index in [1.54, 1.807) is 0 Å². The van der Waals surface area contributed by atoms with Crippen molar-refractivity contribution in [2.75, 3.05) is 19.6 Å². The van der Waals surface area contributed by atoms with Gasteiger partial charge in [-0.05, 0) is 71.7 Å². The van der Waals surface area contributed by atoms with Gasteiger partial charge in [0.25, 0.3) is 0 Å². The summed E-state index contributed by atoms with van der Waals surface area (Å²) in [5.74, 6) is 0. The van der Waals surface area contributed by atoms with Crippen LogP contribution in [0.5, 0.6) is 0 Å². The van der Waals surface area contributed by atoms with Crippen molar-refractivity contribution >= 4 is 0 Å². The summed E-state index contributed by atoms with van der Waals surface area (Å²) in [6, 6.07) is 6.81. The predicted octanol–water partition coefficient (Wildman–Crippen LogP) is 3.39. The third-order valence-electron chi connectivity index (χ3n) is 5.02. The number of likely N-dealkylation sites (tertiary alicyclic amines) is 1. The van der Waals surface area contributed by atoms with E-state index in [2.05, 4.69) is 57.7 Å². The molecule has 1 heterocycles. The standard InChI is InChI=1S/C18H30N2/c1-14-6-7-15(2)16(12-14)18(13-19)8-10-20(11-9-18)17(3,4)5/h6-7,12H,8-11,13,19H2,1-5H3. The molecule has 0 spiro atoms. The third kappa shape index (κ3) is 2.91. The van der Waals surface area contributed by atoms with Crippen LogP contribution >= 0.6 is 0 Å². The molecule has 1 aromatic rings. The van der Waals surface area contributed by atoms with Crippen LogP contribution in [0.1, 0.15) is 50.3 Å². The van der Waals surface area contributed by atoms with Crippen molar-refractivity contribution in [3.05, 3.63) is 34.9 Å². The van der Waals surface area contributed by atoms with Gasteiger partial charge in [-0.15, -0.1) is 0 Å². The maximum absolute atomic E-state index is 6.23. The SMILES string of the molecule is Cc1ccc(C)c(C2(CN)CCN(C(C)(C)C)CC2)c1. The summed E-state index contributed by atoms with van der Waals surface area (Å²) >= 11 is 0. The summed E-state index contributed by atoms with van der Waals surface area (Å²) in [6.45, 7) is 14.4. The minimum absolute atomic E-state index is 0.178. The molecule has 0 aromatic heterocycles. The lowest BCUT2D eigenvalue weighted by atomic mass is 9.70. The van der Waals surface area contributed by atoms with E-state index in [0.29, 0.717) is 0 Å². The molecule has 1 saturated heterocycles. The average Bonchev–Trinajstić information content (AvgIpc) is 2.40. The van der Waals surface area contributed by atoms with Gasteiger partial charge in [-0.25, -0.2) is 0 Å². The highest BCUT2D eigenvalue weighted by Crippen LogP contribution is 2.38. The smallest absolute Gasteiger partial charge is 0.0125 e. The highest BCUT2D eigenvalue weighted by Gasteiger charge is 2.38. The summed E-state index contributed by atoms with van der Waals surface area (Å²) < 4.78 is 0. The van der Waals surface area contributed by atoms with Crippen molar-refractivity contribution < 1.29 is 0 Å². The Balaban J connectivity index is 2.27. The molecular weight excluding hydrogens is 244 g/mol. The molecule has 0 atom stereocenters. The van der Waals surface area contributed by atoms with Crippen molar-refractivity contribution in [2.45, 2.75) is 58.4 Å². The van der Waals surface area contributed by atoms with Gasteiger partial charge in [0.1, 0.15) is 0 Å². The van der Waals surface area contributed by atoms with Crippen molar-refractivity contribution in [1.29, 1.82) is 0 Å². The molecule has 20 heavy (non-hydrogen) atoms. The lowest BCUT2D eigenvalue weighted by molar-refractivity contribution is 0.0762. The Hall–Kier alpha value is -0.860. The summed E-state index contributed by atoms with van der Waals surface area (Å²) in [4.78, 5) is 2.59. The van der Waals surface area contributed by atoms with E-state index in [-0.39, 0.29) is 11.0 Å². The second-order valence-electron chi connectivity index (χ2n) is 7.46. The first-order valence-corrected chi connectivity index (χ1v) is 7.81. The normalized spacial score (nSPS) is 20.1. The Labute approximate surface area is 124 Å². The second-order valence-corrected chi connectivity index (χ2v) is 7.46. The van der Waals surface area contributed by atoms with Crippen LogP contribution in [0.4, 0.5) is 0 Å². The van der Waals surface area contributed by atoms with E-state index in [4.69, 9.17) is 5.73 Å². The molecule has 0 aliphatic carbocycles. The van der Waals surface area contributed by atoms with E-state index < -0.39 is 0 Å². The highest BCUT2D eigenvalue weighted by atomic mass is 15.2. The van der Waals surface area contributed by atoms with Gasteiger partial charge in [0.15, 0.2) is 0 Å². The Morgan fingerprint density at radius 1 is 1.15 bits per heavy atom. The predicted molar refractivity (Wildman–Crippen MR) is 87.2 cm³/mol. The van der Waals surface area contributed by atoms with Crippen LogP contribution < -0.4 is 5.73 Å². The summed E-state index contributed by atoms with van der Waals surface area (Å²) in [7, 11) is 0. The van der Waals surface area contributed by atoms with E-state index in [9.17, 15) is 0 Å². The molecule has 2 rings (SSSR count). The zero-order valence-corrected chi connectivity index (χ0v) is 13.8. The van der Waals surface area contributed by atoms with Crippen molar-refractivity contribution in [3.63, 3.8) is 0 Å². The van der Waals surface area contributed by atoms with Gasteiger partial charge in [0.2, 0.25) is 0 Å². The average molecular weight is 274 g/mol. The van der Waals surface area contributed by atoms with Crippen molar-refractivity contribution in [2.24, 2.45) is 5.73 Å².